The molecule has 1 aromatic carbocycles. The van der Waals surface area contributed by atoms with Crippen LogP contribution in [-0.4, -0.2) is 24.0 Å². The van der Waals surface area contributed by atoms with Crippen LogP contribution in [0.2, 0.25) is 10.0 Å². The number of methoxy groups -OCH3 is 2. The molecule has 1 heterocycles. The summed E-state index contributed by atoms with van der Waals surface area (Å²) in [6.45, 7) is 1.81. The van der Waals surface area contributed by atoms with Crippen LogP contribution in [0.5, 0.6) is 0 Å². The molecule has 2 rings (SSSR count). The first-order valence-electron chi connectivity index (χ1n) is 5.62. The van der Waals surface area contributed by atoms with Crippen molar-refractivity contribution in [1.82, 2.24) is 9.78 Å². The number of halogens is 2. The second-order valence-electron chi connectivity index (χ2n) is 4.08. The van der Waals surface area contributed by atoms with Gasteiger partial charge in [-0.2, -0.15) is 5.10 Å². The lowest BCUT2D eigenvalue weighted by molar-refractivity contribution is -0.205. The van der Waals surface area contributed by atoms with E-state index in [4.69, 9.17) is 32.7 Å². The third-order valence-electron chi connectivity index (χ3n) is 3.02. The second kappa shape index (κ2) is 5.51. The lowest BCUT2D eigenvalue weighted by Gasteiger charge is -2.27. The van der Waals surface area contributed by atoms with Gasteiger partial charge in [0.25, 0.3) is 0 Å². The van der Waals surface area contributed by atoms with Gasteiger partial charge in [-0.25, -0.2) is 4.68 Å². The molecular formula is C13H14Cl2N2O2. The van der Waals surface area contributed by atoms with Crippen molar-refractivity contribution in [3.05, 3.63) is 46.2 Å². The molecule has 0 aliphatic rings. The third-order valence-corrected chi connectivity index (χ3v) is 3.56. The number of rotatable bonds is 4. The van der Waals surface area contributed by atoms with Gasteiger partial charge in [0.15, 0.2) is 0 Å². The molecule has 0 amide bonds. The van der Waals surface area contributed by atoms with Crippen molar-refractivity contribution in [3.8, 4) is 5.69 Å². The maximum absolute atomic E-state index is 6.20. The van der Waals surface area contributed by atoms with Crippen LogP contribution < -0.4 is 0 Å². The first kappa shape index (κ1) is 14.3. The molecule has 0 spiro atoms. The molecule has 0 radical (unpaired) electrons. The maximum Gasteiger partial charge on any atom is 0.208 e. The van der Waals surface area contributed by atoms with Crippen molar-refractivity contribution in [2.24, 2.45) is 0 Å². The van der Waals surface area contributed by atoms with Crippen LogP contribution in [0.3, 0.4) is 0 Å². The molecule has 0 atom stereocenters. The van der Waals surface area contributed by atoms with E-state index < -0.39 is 5.79 Å². The van der Waals surface area contributed by atoms with Gasteiger partial charge >= 0.3 is 0 Å². The van der Waals surface area contributed by atoms with E-state index in [1.807, 2.05) is 13.0 Å². The molecule has 0 unspecified atom stereocenters. The molecule has 0 fully saturated rings. The van der Waals surface area contributed by atoms with Crippen LogP contribution in [0, 0.1) is 0 Å². The SMILES string of the molecule is COC(C)(OC)c1ccnn1-c1ccc(Cl)cc1Cl. The Morgan fingerprint density at radius 3 is 2.42 bits per heavy atom. The standard InChI is InChI=1S/C13H14Cl2N2O2/c1-13(18-2,19-3)12-6-7-16-17(12)11-5-4-9(14)8-10(11)15/h4-8H,1-3H3. The summed E-state index contributed by atoms with van der Waals surface area (Å²) in [7, 11) is 3.15. The van der Waals surface area contributed by atoms with Gasteiger partial charge in [-0.05, 0) is 31.2 Å². The number of ether oxygens (including phenoxy) is 2. The van der Waals surface area contributed by atoms with Gasteiger partial charge in [-0.15, -0.1) is 0 Å². The summed E-state index contributed by atoms with van der Waals surface area (Å²) in [5.74, 6) is -0.903. The summed E-state index contributed by atoms with van der Waals surface area (Å²) in [6, 6.07) is 7.04. The number of hydrogen-bond acceptors (Lipinski definition) is 3. The van der Waals surface area contributed by atoms with Gasteiger partial charge in [-0.3, -0.25) is 0 Å². The number of nitrogens with zero attached hydrogens (tertiary/aromatic N) is 2. The molecule has 0 aliphatic carbocycles. The topological polar surface area (TPSA) is 36.3 Å². The summed E-state index contributed by atoms with van der Waals surface area (Å²) in [5.41, 5.74) is 1.45. The highest BCUT2D eigenvalue weighted by molar-refractivity contribution is 6.35. The summed E-state index contributed by atoms with van der Waals surface area (Å²) < 4.78 is 12.5. The Balaban J connectivity index is 2.56. The fourth-order valence-electron chi connectivity index (χ4n) is 1.78. The van der Waals surface area contributed by atoms with Crippen molar-refractivity contribution in [2.45, 2.75) is 12.7 Å². The van der Waals surface area contributed by atoms with E-state index in [0.29, 0.717) is 15.7 Å². The number of benzene rings is 1. The highest BCUT2D eigenvalue weighted by Gasteiger charge is 2.30. The van der Waals surface area contributed by atoms with Crippen LogP contribution in [0.1, 0.15) is 12.6 Å². The molecule has 2 aromatic rings. The first-order chi connectivity index (χ1) is 9.01. The molecule has 0 saturated carbocycles. The first-order valence-corrected chi connectivity index (χ1v) is 6.37. The lowest BCUT2D eigenvalue weighted by atomic mass is 10.2. The van der Waals surface area contributed by atoms with Gasteiger partial charge < -0.3 is 9.47 Å². The quantitative estimate of drug-likeness (QED) is 0.809. The zero-order valence-electron chi connectivity index (χ0n) is 10.9. The average molecular weight is 301 g/mol. The largest absolute Gasteiger partial charge is 0.348 e. The molecular weight excluding hydrogens is 287 g/mol. The van der Waals surface area contributed by atoms with Crippen LogP contribution in [0.25, 0.3) is 5.69 Å². The third kappa shape index (κ3) is 2.62. The Hall–Kier alpha value is -1.07. The number of hydrogen-bond donors (Lipinski definition) is 0. The summed E-state index contributed by atoms with van der Waals surface area (Å²) in [6.07, 6.45) is 1.66. The van der Waals surface area contributed by atoms with E-state index in [1.165, 1.54) is 0 Å². The number of aromatic nitrogens is 2. The fourth-order valence-corrected chi connectivity index (χ4v) is 2.27. The minimum atomic E-state index is -0.903. The summed E-state index contributed by atoms with van der Waals surface area (Å²) in [4.78, 5) is 0. The predicted molar refractivity (Wildman–Crippen MR) is 75.0 cm³/mol. The van der Waals surface area contributed by atoms with Crippen LogP contribution in [-0.2, 0) is 15.3 Å². The molecule has 6 heteroatoms. The van der Waals surface area contributed by atoms with E-state index in [-0.39, 0.29) is 0 Å². The Morgan fingerprint density at radius 2 is 1.84 bits per heavy atom. The molecule has 0 N–H and O–H groups in total. The van der Waals surface area contributed by atoms with Crippen LogP contribution >= 0.6 is 23.2 Å². The summed E-state index contributed by atoms with van der Waals surface area (Å²) >= 11 is 12.1. The second-order valence-corrected chi connectivity index (χ2v) is 4.92. The molecule has 4 nitrogen and oxygen atoms in total. The van der Waals surface area contributed by atoms with Crippen molar-refractivity contribution in [1.29, 1.82) is 0 Å². The van der Waals surface area contributed by atoms with Gasteiger partial charge in [0.1, 0.15) is 5.69 Å². The van der Waals surface area contributed by atoms with E-state index in [9.17, 15) is 0 Å². The monoisotopic (exact) mass is 300 g/mol. The van der Waals surface area contributed by atoms with E-state index in [1.54, 1.807) is 43.3 Å². The lowest BCUT2D eigenvalue weighted by Crippen LogP contribution is -2.29. The molecule has 102 valence electrons. The Bertz CT molecular complexity index is 580. The zero-order valence-corrected chi connectivity index (χ0v) is 12.4. The van der Waals surface area contributed by atoms with Crippen LogP contribution in [0.15, 0.2) is 30.5 Å². The Kier molecular flexibility index (Phi) is 4.16. The molecule has 1 aromatic heterocycles. The Labute approximate surface area is 121 Å². The van der Waals surface area contributed by atoms with Gasteiger partial charge in [0, 0.05) is 25.4 Å². The van der Waals surface area contributed by atoms with Crippen LogP contribution in [0.4, 0.5) is 0 Å². The zero-order chi connectivity index (χ0) is 14.0. The van der Waals surface area contributed by atoms with E-state index in [2.05, 4.69) is 5.10 Å². The van der Waals surface area contributed by atoms with Crippen molar-refractivity contribution in [2.75, 3.05) is 14.2 Å². The highest BCUT2D eigenvalue weighted by atomic mass is 35.5. The molecule has 19 heavy (non-hydrogen) atoms. The molecule has 0 aliphatic heterocycles. The van der Waals surface area contributed by atoms with E-state index in [0.717, 1.165) is 5.69 Å². The van der Waals surface area contributed by atoms with E-state index >= 15 is 0 Å². The van der Waals surface area contributed by atoms with Gasteiger partial charge in [-0.1, -0.05) is 23.2 Å². The highest BCUT2D eigenvalue weighted by Crippen LogP contribution is 2.30. The van der Waals surface area contributed by atoms with Crippen molar-refractivity contribution in [3.63, 3.8) is 0 Å². The Morgan fingerprint density at radius 1 is 1.16 bits per heavy atom. The fraction of sp³-hybridized carbons (Fsp3) is 0.308. The molecule has 0 saturated heterocycles. The average Bonchev–Trinajstić information content (AvgIpc) is 2.87. The van der Waals surface area contributed by atoms with Crippen molar-refractivity contribution >= 4 is 23.2 Å². The van der Waals surface area contributed by atoms with Gasteiger partial charge in [0.2, 0.25) is 5.79 Å². The normalized spacial score (nSPS) is 11.8. The minimum absolute atomic E-state index is 0.506. The smallest absolute Gasteiger partial charge is 0.208 e. The van der Waals surface area contributed by atoms with Gasteiger partial charge in [0.05, 0.1) is 10.7 Å². The predicted octanol–water partition coefficient (Wildman–Crippen LogP) is 3.64. The summed E-state index contributed by atoms with van der Waals surface area (Å²) in [5, 5.41) is 5.35. The molecule has 0 bridgehead atoms. The minimum Gasteiger partial charge on any atom is -0.348 e. The van der Waals surface area contributed by atoms with Crippen molar-refractivity contribution < 1.29 is 9.47 Å². The maximum atomic E-state index is 6.20.